The van der Waals surface area contributed by atoms with Crippen molar-refractivity contribution in [1.29, 1.82) is 0 Å². The Labute approximate surface area is 199 Å². The number of carbonyl (C=O) groups excluding carboxylic acids is 2. The number of ether oxygens (including phenoxy) is 1. The molecule has 0 saturated heterocycles. The predicted molar refractivity (Wildman–Crippen MR) is 132 cm³/mol. The molecule has 8 nitrogen and oxygen atoms in total. The molecule has 3 aromatic heterocycles. The molecule has 1 aromatic carbocycles. The van der Waals surface area contributed by atoms with E-state index in [1.807, 2.05) is 37.3 Å². The number of hydrogen-bond acceptors (Lipinski definition) is 7. The van der Waals surface area contributed by atoms with E-state index in [1.54, 1.807) is 30.6 Å². The van der Waals surface area contributed by atoms with Gasteiger partial charge in [0, 0.05) is 42.2 Å². The summed E-state index contributed by atoms with van der Waals surface area (Å²) in [5.41, 5.74) is 3.03. The Morgan fingerprint density at radius 2 is 2.00 bits per heavy atom. The molecule has 0 radical (unpaired) electrons. The molecule has 0 aliphatic heterocycles. The Balaban J connectivity index is 1.28. The van der Waals surface area contributed by atoms with Gasteiger partial charge in [0.15, 0.2) is 5.13 Å². The van der Waals surface area contributed by atoms with Gasteiger partial charge in [0.25, 0.3) is 0 Å². The monoisotopic (exact) mass is 471 g/mol. The number of rotatable bonds is 7. The van der Waals surface area contributed by atoms with Crippen molar-refractivity contribution in [3.8, 4) is 11.6 Å². The summed E-state index contributed by atoms with van der Waals surface area (Å²) in [6.45, 7) is 1.92. The number of benzene rings is 1. The van der Waals surface area contributed by atoms with E-state index in [0.717, 1.165) is 24.0 Å². The molecule has 2 N–H and O–H groups in total. The minimum Gasteiger partial charge on any atom is -0.439 e. The van der Waals surface area contributed by atoms with Crippen LogP contribution in [0, 0.1) is 12.8 Å². The molecule has 1 aliphatic rings. The molecule has 9 heteroatoms. The summed E-state index contributed by atoms with van der Waals surface area (Å²) in [5.74, 6) is 0.844. The topological polar surface area (TPSA) is 106 Å². The molecular weight excluding hydrogens is 450 g/mol. The van der Waals surface area contributed by atoms with E-state index in [2.05, 4.69) is 25.6 Å². The van der Waals surface area contributed by atoms with Crippen molar-refractivity contribution in [2.45, 2.75) is 19.8 Å². The lowest BCUT2D eigenvalue weighted by atomic mass is 10.2. The number of nitrogens with one attached hydrogen (secondary N) is 2. The summed E-state index contributed by atoms with van der Waals surface area (Å²) in [7, 11) is 0. The van der Waals surface area contributed by atoms with Crippen LogP contribution in [0.1, 0.15) is 24.0 Å². The van der Waals surface area contributed by atoms with E-state index in [9.17, 15) is 9.59 Å². The molecule has 34 heavy (non-hydrogen) atoms. The van der Waals surface area contributed by atoms with Gasteiger partial charge in [0.1, 0.15) is 16.1 Å². The number of nitrogens with zero attached hydrogens (tertiary/aromatic N) is 3. The summed E-state index contributed by atoms with van der Waals surface area (Å²) in [6.07, 6.45) is 8.39. The van der Waals surface area contributed by atoms with E-state index in [0.29, 0.717) is 32.8 Å². The zero-order chi connectivity index (χ0) is 23.5. The van der Waals surface area contributed by atoms with Crippen molar-refractivity contribution in [1.82, 2.24) is 15.0 Å². The zero-order valence-corrected chi connectivity index (χ0v) is 19.1. The van der Waals surface area contributed by atoms with Crippen LogP contribution in [0.4, 0.5) is 10.8 Å². The zero-order valence-electron chi connectivity index (χ0n) is 18.3. The molecule has 170 valence electrons. The van der Waals surface area contributed by atoms with E-state index in [4.69, 9.17) is 4.74 Å². The number of pyridine rings is 2. The molecular formula is C25H21N5O3S. The summed E-state index contributed by atoms with van der Waals surface area (Å²) < 4.78 is 6.01. The Kier molecular flexibility index (Phi) is 6.01. The van der Waals surface area contributed by atoms with Gasteiger partial charge in [-0.3, -0.25) is 14.6 Å². The van der Waals surface area contributed by atoms with Crippen LogP contribution in [0.5, 0.6) is 11.6 Å². The molecule has 2 amide bonds. The van der Waals surface area contributed by atoms with Crippen molar-refractivity contribution in [3.05, 3.63) is 72.1 Å². The molecule has 0 bridgehead atoms. The van der Waals surface area contributed by atoms with Crippen LogP contribution >= 0.6 is 11.3 Å². The third-order valence-electron chi connectivity index (χ3n) is 5.19. The van der Waals surface area contributed by atoms with Gasteiger partial charge in [-0.2, -0.15) is 0 Å². The van der Waals surface area contributed by atoms with Crippen LogP contribution < -0.4 is 15.4 Å². The first kappa shape index (κ1) is 21.7. The lowest BCUT2D eigenvalue weighted by molar-refractivity contribution is -0.117. The van der Waals surface area contributed by atoms with Gasteiger partial charge < -0.3 is 15.4 Å². The average molecular weight is 472 g/mol. The highest BCUT2D eigenvalue weighted by atomic mass is 32.1. The van der Waals surface area contributed by atoms with Gasteiger partial charge in [-0.15, -0.1) is 0 Å². The summed E-state index contributed by atoms with van der Waals surface area (Å²) in [6, 6.07) is 12.7. The standard InChI is InChI=1S/C25H21N5O3S/c1-15-4-8-18(27-21(31)10-5-16-3-2-12-26-14-16)13-20(15)33-22-11-9-19-24(29-22)34-25(28-19)30-23(32)17-6-7-17/h2-5,8-14,17H,6-7H2,1H3,(H,27,31)(H,28,30,32)/b10-5+. The van der Waals surface area contributed by atoms with Crippen molar-refractivity contribution >= 4 is 50.4 Å². The Hall–Kier alpha value is -4.11. The number of aryl methyl sites for hydroxylation is 1. The molecule has 1 fully saturated rings. The maximum absolute atomic E-state index is 12.3. The van der Waals surface area contributed by atoms with Crippen LogP contribution in [0.3, 0.4) is 0 Å². The van der Waals surface area contributed by atoms with Crippen LogP contribution in [0.15, 0.2) is 60.9 Å². The fourth-order valence-corrected chi connectivity index (χ4v) is 4.03. The minimum absolute atomic E-state index is 0.0142. The number of amides is 2. The second-order valence-corrected chi connectivity index (χ2v) is 8.93. The van der Waals surface area contributed by atoms with Crippen LogP contribution in [0.2, 0.25) is 0 Å². The summed E-state index contributed by atoms with van der Waals surface area (Å²) >= 11 is 1.31. The van der Waals surface area contributed by atoms with Crippen LogP contribution in [-0.4, -0.2) is 26.8 Å². The van der Waals surface area contributed by atoms with Crippen molar-refractivity contribution in [3.63, 3.8) is 0 Å². The normalized spacial score (nSPS) is 13.2. The Morgan fingerprint density at radius 3 is 2.79 bits per heavy atom. The Morgan fingerprint density at radius 1 is 1.12 bits per heavy atom. The molecule has 0 atom stereocenters. The molecule has 0 spiro atoms. The fraction of sp³-hybridized carbons (Fsp3) is 0.160. The van der Waals surface area contributed by atoms with Crippen molar-refractivity contribution in [2.75, 3.05) is 10.6 Å². The third-order valence-corrected chi connectivity index (χ3v) is 6.07. The van der Waals surface area contributed by atoms with E-state index in [1.165, 1.54) is 17.4 Å². The van der Waals surface area contributed by atoms with E-state index >= 15 is 0 Å². The number of hydrogen-bond donors (Lipinski definition) is 2. The molecule has 5 rings (SSSR count). The largest absolute Gasteiger partial charge is 0.439 e. The van der Waals surface area contributed by atoms with Crippen molar-refractivity contribution in [2.24, 2.45) is 5.92 Å². The maximum atomic E-state index is 12.3. The lowest BCUT2D eigenvalue weighted by Crippen LogP contribution is -2.12. The fourth-order valence-electron chi connectivity index (χ4n) is 3.19. The molecule has 1 saturated carbocycles. The molecule has 1 aliphatic carbocycles. The molecule has 4 aromatic rings. The first-order valence-corrected chi connectivity index (χ1v) is 11.6. The first-order valence-electron chi connectivity index (χ1n) is 10.8. The quantitative estimate of drug-likeness (QED) is 0.360. The second-order valence-electron chi connectivity index (χ2n) is 7.95. The number of carbonyl (C=O) groups is 2. The van der Waals surface area contributed by atoms with Gasteiger partial charge in [0.2, 0.25) is 17.7 Å². The van der Waals surface area contributed by atoms with Gasteiger partial charge in [-0.05, 0) is 55.2 Å². The molecule has 3 heterocycles. The lowest BCUT2D eigenvalue weighted by Gasteiger charge is -2.10. The van der Waals surface area contributed by atoms with Gasteiger partial charge in [-0.25, -0.2) is 9.97 Å². The third kappa shape index (κ3) is 5.26. The van der Waals surface area contributed by atoms with Gasteiger partial charge >= 0.3 is 0 Å². The van der Waals surface area contributed by atoms with E-state index in [-0.39, 0.29) is 17.7 Å². The number of thiazole rings is 1. The average Bonchev–Trinajstić information content (AvgIpc) is 3.61. The van der Waals surface area contributed by atoms with Crippen LogP contribution in [0.25, 0.3) is 16.4 Å². The first-order chi connectivity index (χ1) is 16.5. The van der Waals surface area contributed by atoms with Crippen LogP contribution in [-0.2, 0) is 9.59 Å². The minimum atomic E-state index is -0.261. The molecule has 0 unspecified atom stereocenters. The highest BCUT2D eigenvalue weighted by Gasteiger charge is 2.30. The SMILES string of the molecule is Cc1ccc(NC(=O)/C=C/c2cccnc2)cc1Oc1ccc2nc(NC(=O)C3CC3)sc2n1. The van der Waals surface area contributed by atoms with Crippen molar-refractivity contribution < 1.29 is 14.3 Å². The maximum Gasteiger partial charge on any atom is 0.248 e. The summed E-state index contributed by atoms with van der Waals surface area (Å²) in [4.78, 5) is 37.9. The smallest absolute Gasteiger partial charge is 0.248 e. The number of aromatic nitrogens is 3. The predicted octanol–water partition coefficient (Wildman–Crippen LogP) is 5.19. The second kappa shape index (κ2) is 9.40. The Bertz CT molecular complexity index is 1400. The number of anilines is 2. The number of fused-ring (bicyclic) bond motifs is 1. The highest BCUT2D eigenvalue weighted by Crippen LogP contribution is 2.33. The van der Waals surface area contributed by atoms with E-state index < -0.39 is 0 Å². The highest BCUT2D eigenvalue weighted by molar-refractivity contribution is 7.21. The summed E-state index contributed by atoms with van der Waals surface area (Å²) in [5, 5.41) is 6.23. The van der Waals surface area contributed by atoms with Gasteiger partial charge in [0.05, 0.1) is 0 Å². The van der Waals surface area contributed by atoms with Gasteiger partial charge in [-0.1, -0.05) is 23.5 Å².